The van der Waals surface area contributed by atoms with Gasteiger partial charge in [-0.2, -0.15) is 0 Å². The summed E-state index contributed by atoms with van der Waals surface area (Å²) in [5, 5.41) is 0. The van der Waals surface area contributed by atoms with Gasteiger partial charge in [-0.3, -0.25) is 0 Å². The molecule has 0 aromatic heterocycles. The molecule has 70 valence electrons. The van der Waals surface area contributed by atoms with Crippen LogP contribution in [0.15, 0.2) is 16.9 Å². The Balaban J connectivity index is 0.00000121. The molecule has 0 bridgehead atoms. The van der Waals surface area contributed by atoms with E-state index in [9.17, 15) is 0 Å². The molecule has 0 saturated heterocycles. The van der Waals surface area contributed by atoms with E-state index in [0.717, 1.165) is 5.92 Å². The van der Waals surface area contributed by atoms with Crippen molar-refractivity contribution in [1.82, 2.24) is 0 Å². The molecule has 0 aromatic rings. The Bertz CT molecular complexity index is 201. The van der Waals surface area contributed by atoms with E-state index in [1.54, 1.807) is 0 Å². The Morgan fingerprint density at radius 3 is 1.58 bits per heavy atom. The molecule has 12 heavy (non-hydrogen) atoms. The van der Waals surface area contributed by atoms with Crippen LogP contribution in [0.25, 0.3) is 0 Å². The van der Waals surface area contributed by atoms with Gasteiger partial charge < -0.3 is 0 Å². The van der Waals surface area contributed by atoms with E-state index in [0.29, 0.717) is 11.8 Å². The van der Waals surface area contributed by atoms with Crippen LogP contribution >= 0.6 is 0 Å². The van der Waals surface area contributed by atoms with Crippen LogP contribution in [0.3, 0.4) is 0 Å². The van der Waals surface area contributed by atoms with Crippen molar-refractivity contribution in [2.45, 2.75) is 34.6 Å². The Morgan fingerprint density at radius 1 is 0.917 bits per heavy atom. The molecule has 0 spiro atoms. The molecule has 1 aliphatic rings. The molecule has 1 aliphatic carbocycles. The fourth-order valence-corrected chi connectivity index (χ4v) is 1.76. The molecule has 2 atom stereocenters. The van der Waals surface area contributed by atoms with Gasteiger partial charge in [0.25, 0.3) is 0 Å². The Morgan fingerprint density at radius 2 is 1.25 bits per heavy atom. The van der Waals surface area contributed by atoms with Crippen LogP contribution in [0.2, 0.25) is 0 Å². The van der Waals surface area contributed by atoms with Crippen molar-refractivity contribution in [2.75, 3.05) is 0 Å². The van der Waals surface area contributed by atoms with Gasteiger partial charge in [0.1, 0.15) is 0 Å². The summed E-state index contributed by atoms with van der Waals surface area (Å²) >= 11 is 0. The zero-order chi connectivity index (χ0) is 8.59. The summed E-state index contributed by atoms with van der Waals surface area (Å²) in [6.45, 7) is 11.3. The van der Waals surface area contributed by atoms with Gasteiger partial charge in [-0.15, -0.1) is 5.73 Å². The van der Waals surface area contributed by atoms with E-state index in [2.05, 4.69) is 40.3 Å². The molecule has 0 N–H and O–H groups in total. The average Bonchev–Trinajstić information content (AvgIpc) is 1.97. The smallest absolute Gasteiger partial charge is 0 e. The van der Waals surface area contributed by atoms with Gasteiger partial charge in [-0.05, 0) is 42.7 Å². The van der Waals surface area contributed by atoms with Gasteiger partial charge in [0.2, 0.25) is 0 Å². The molecule has 1 rings (SSSR count). The third-order valence-corrected chi connectivity index (χ3v) is 3.34. The van der Waals surface area contributed by atoms with Crippen LogP contribution in [-0.2, 0) is 19.5 Å². The first kappa shape index (κ1) is 12.1. The Hall–Kier alpha value is 0.143. The molecule has 0 fully saturated rings. The standard InChI is InChI=1S/C11H18.Ru/c1-7-6-8(2)10(4)11(5)9(7)3;/h9-11H,1-5H3;. The van der Waals surface area contributed by atoms with Gasteiger partial charge in [0.15, 0.2) is 0 Å². The summed E-state index contributed by atoms with van der Waals surface area (Å²) in [6, 6.07) is 0. The van der Waals surface area contributed by atoms with E-state index < -0.39 is 0 Å². The largest absolute Gasteiger partial charge is 0.123 e. The Kier molecular flexibility index (Phi) is 4.45. The second-order valence-corrected chi connectivity index (χ2v) is 3.93. The number of hydrogen-bond acceptors (Lipinski definition) is 0. The molecule has 0 saturated carbocycles. The maximum absolute atomic E-state index is 3.44. The van der Waals surface area contributed by atoms with Gasteiger partial charge in [-0.1, -0.05) is 20.8 Å². The van der Waals surface area contributed by atoms with Crippen LogP contribution in [0, 0.1) is 17.8 Å². The average molecular weight is 251 g/mol. The molecule has 1 heteroatoms. The minimum atomic E-state index is 0. The molecular formula is C11H18Ru. The van der Waals surface area contributed by atoms with Gasteiger partial charge in [-0.25, -0.2) is 0 Å². The minimum Gasteiger partial charge on any atom is -0.123 e. The third kappa shape index (κ3) is 2.09. The third-order valence-electron chi connectivity index (χ3n) is 3.34. The van der Waals surface area contributed by atoms with Gasteiger partial charge >= 0.3 is 0 Å². The van der Waals surface area contributed by atoms with Crippen molar-refractivity contribution in [3.8, 4) is 0 Å². The number of rotatable bonds is 0. The predicted molar refractivity (Wildman–Crippen MR) is 49.4 cm³/mol. The summed E-state index contributed by atoms with van der Waals surface area (Å²) in [5.41, 5.74) is 6.29. The fourth-order valence-electron chi connectivity index (χ4n) is 1.76. The summed E-state index contributed by atoms with van der Waals surface area (Å²) in [5.74, 6) is 2.22. The van der Waals surface area contributed by atoms with Crippen LogP contribution in [-0.4, -0.2) is 0 Å². The van der Waals surface area contributed by atoms with E-state index in [-0.39, 0.29) is 19.5 Å². The summed E-state index contributed by atoms with van der Waals surface area (Å²) in [6.07, 6.45) is 0. The zero-order valence-corrected chi connectivity index (χ0v) is 10.3. The molecule has 0 nitrogen and oxygen atoms in total. The molecular weight excluding hydrogens is 233 g/mol. The molecule has 0 aliphatic heterocycles. The second-order valence-electron chi connectivity index (χ2n) is 3.93. The van der Waals surface area contributed by atoms with Crippen molar-refractivity contribution >= 4 is 0 Å². The summed E-state index contributed by atoms with van der Waals surface area (Å²) in [7, 11) is 0. The maximum atomic E-state index is 3.44. The first-order valence-electron chi connectivity index (χ1n) is 4.48. The van der Waals surface area contributed by atoms with E-state index in [4.69, 9.17) is 0 Å². The first-order chi connectivity index (χ1) is 5.04. The summed E-state index contributed by atoms with van der Waals surface area (Å²) in [4.78, 5) is 0. The summed E-state index contributed by atoms with van der Waals surface area (Å²) < 4.78 is 0. The van der Waals surface area contributed by atoms with Crippen molar-refractivity contribution in [3.63, 3.8) is 0 Å². The van der Waals surface area contributed by atoms with Gasteiger partial charge in [0.05, 0.1) is 0 Å². The topological polar surface area (TPSA) is 0 Å². The van der Waals surface area contributed by atoms with E-state index in [1.165, 1.54) is 11.1 Å². The van der Waals surface area contributed by atoms with Crippen LogP contribution in [0.1, 0.15) is 34.6 Å². The number of allylic oxidation sites excluding steroid dienone is 1. The first-order valence-corrected chi connectivity index (χ1v) is 4.48. The van der Waals surface area contributed by atoms with Crippen molar-refractivity contribution < 1.29 is 19.5 Å². The molecule has 2 unspecified atom stereocenters. The maximum Gasteiger partial charge on any atom is 0 e. The van der Waals surface area contributed by atoms with Crippen molar-refractivity contribution in [3.05, 3.63) is 16.9 Å². The molecule has 0 heterocycles. The van der Waals surface area contributed by atoms with Crippen molar-refractivity contribution in [2.24, 2.45) is 17.8 Å². The molecule has 0 radical (unpaired) electrons. The SMILES string of the molecule is CC1=C=C(C)C(C)C(C)C1C.[Ru]. The van der Waals surface area contributed by atoms with Gasteiger partial charge in [0, 0.05) is 19.5 Å². The Labute approximate surface area is 88.9 Å². The molecule has 0 amide bonds. The van der Waals surface area contributed by atoms with E-state index >= 15 is 0 Å². The zero-order valence-electron chi connectivity index (χ0n) is 8.59. The van der Waals surface area contributed by atoms with Crippen LogP contribution < -0.4 is 0 Å². The monoisotopic (exact) mass is 252 g/mol. The van der Waals surface area contributed by atoms with Crippen LogP contribution in [0.5, 0.6) is 0 Å². The predicted octanol–water partition coefficient (Wildman–Crippen LogP) is 3.40. The van der Waals surface area contributed by atoms with Crippen molar-refractivity contribution in [1.29, 1.82) is 0 Å². The fraction of sp³-hybridized carbons (Fsp3) is 0.727. The number of hydrogen-bond donors (Lipinski definition) is 0. The van der Waals surface area contributed by atoms with Crippen LogP contribution in [0.4, 0.5) is 0 Å². The minimum absolute atomic E-state index is 0. The van der Waals surface area contributed by atoms with E-state index in [1.807, 2.05) is 0 Å². The normalized spacial score (nSPS) is 34.9. The quantitative estimate of drug-likeness (QED) is 0.457. The second kappa shape index (κ2) is 4.40. The molecule has 0 aromatic carbocycles.